The monoisotopic (exact) mass is 608 g/mol. The van der Waals surface area contributed by atoms with Crippen molar-refractivity contribution in [2.45, 2.75) is 5.41 Å². The van der Waals surface area contributed by atoms with Crippen LogP contribution in [0.25, 0.3) is 23.3 Å². The first kappa shape index (κ1) is 29.5. The third kappa shape index (κ3) is 5.92. The molecular weight excluding hydrogens is 576 g/mol. The van der Waals surface area contributed by atoms with Gasteiger partial charge in [-0.2, -0.15) is 0 Å². The van der Waals surface area contributed by atoms with Gasteiger partial charge >= 0.3 is 0 Å². The van der Waals surface area contributed by atoms with Crippen molar-refractivity contribution >= 4 is 35.3 Å². The molecule has 226 valence electrons. The number of hydrogen-bond acceptors (Lipinski definition) is 2. The van der Waals surface area contributed by atoms with E-state index in [4.69, 9.17) is 0 Å². The summed E-state index contributed by atoms with van der Waals surface area (Å²) in [4.78, 5) is 25.5. The smallest absolute Gasteiger partial charge is 0.248 e. The van der Waals surface area contributed by atoms with Gasteiger partial charge in [-0.05, 0) is 80.9 Å². The lowest BCUT2D eigenvalue weighted by Crippen LogP contribution is -2.28. The summed E-state index contributed by atoms with van der Waals surface area (Å²) >= 11 is 0. The summed E-state index contributed by atoms with van der Waals surface area (Å²) < 4.78 is 0. The molecule has 7 rings (SSSR count). The Hall–Kier alpha value is -6.26. The van der Waals surface area contributed by atoms with Crippen molar-refractivity contribution in [2.75, 3.05) is 10.6 Å². The minimum absolute atomic E-state index is 0.191. The van der Waals surface area contributed by atoms with Crippen molar-refractivity contribution in [3.63, 3.8) is 0 Å². The summed E-state index contributed by atoms with van der Waals surface area (Å²) in [5, 5.41) is 5.99. The summed E-state index contributed by atoms with van der Waals surface area (Å²) in [5.74, 6) is -0.381. The fourth-order valence-electron chi connectivity index (χ4n) is 6.47. The van der Waals surface area contributed by atoms with Crippen LogP contribution in [-0.2, 0) is 15.0 Å². The molecule has 4 nitrogen and oxygen atoms in total. The zero-order chi connectivity index (χ0) is 32.1. The fourth-order valence-corrected chi connectivity index (χ4v) is 6.47. The van der Waals surface area contributed by atoms with Crippen LogP contribution in [0.3, 0.4) is 0 Å². The number of anilines is 2. The molecule has 0 atom stereocenters. The van der Waals surface area contributed by atoms with E-state index in [1.54, 1.807) is 24.3 Å². The molecule has 2 amide bonds. The molecule has 6 aromatic rings. The second-order valence-electron chi connectivity index (χ2n) is 11.5. The summed E-state index contributed by atoms with van der Waals surface area (Å²) in [6, 6.07) is 52.8. The third-order valence-corrected chi connectivity index (χ3v) is 8.58. The van der Waals surface area contributed by atoms with Crippen molar-refractivity contribution in [1.82, 2.24) is 0 Å². The van der Waals surface area contributed by atoms with E-state index < -0.39 is 5.41 Å². The van der Waals surface area contributed by atoms with Crippen LogP contribution in [0.2, 0.25) is 0 Å². The molecule has 0 saturated heterocycles. The number of carbonyl (C=O) groups excluding carboxylic acids is 2. The lowest BCUT2D eigenvalue weighted by molar-refractivity contribution is -0.112. The van der Waals surface area contributed by atoms with E-state index in [2.05, 4.69) is 83.4 Å². The molecule has 0 spiro atoms. The van der Waals surface area contributed by atoms with E-state index in [0.29, 0.717) is 11.4 Å². The highest BCUT2D eigenvalue weighted by atomic mass is 16.2. The first-order valence-corrected chi connectivity index (χ1v) is 15.6. The Balaban J connectivity index is 1.22. The zero-order valence-corrected chi connectivity index (χ0v) is 25.6. The highest BCUT2D eigenvalue weighted by molar-refractivity contribution is 6.02. The van der Waals surface area contributed by atoms with Gasteiger partial charge in [0.1, 0.15) is 0 Å². The van der Waals surface area contributed by atoms with E-state index >= 15 is 0 Å². The molecule has 0 aliphatic heterocycles. The molecule has 4 heteroatoms. The SMILES string of the molecule is O=C(C=Cc1ccccc1)Nc1ccc(C2(c3ccc(NC(=O)C=Cc4ccccc4)cc3)c3ccccc3-c3ccccc32)cc1. The van der Waals surface area contributed by atoms with Gasteiger partial charge in [0.05, 0.1) is 5.41 Å². The number of benzene rings is 6. The largest absolute Gasteiger partial charge is 0.323 e. The Morgan fingerprint density at radius 3 is 1.19 bits per heavy atom. The summed E-state index contributed by atoms with van der Waals surface area (Å²) in [6.07, 6.45) is 6.70. The number of carbonyl (C=O) groups is 2. The molecule has 0 saturated carbocycles. The molecule has 0 radical (unpaired) electrons. The van der Waals surface area contributed by atoms with Gasteiger partial charge in [0.2, 0.25) is 11.8 Å². The quantitative estimate of drug-likeness (QED) is 0.169. The molecule has 1 aliphatic carbocycles. The fraction of sp³-hybridized carbons (Fsp3) is 0.0233. The minimum atomic E-state index is -0.599. The van der Waals surface area contributed by atoms with E-state index in [1.807, 2.05) is 84.9 Å². The van der Waals surface area contributed by atoms with Gasteiger partial charge in [-0.1, -0.05) is 133 Å². The van der Waals surface area contributed by atoms with Gasteiger partial charge in [-0.3, -0.25) is 9.59 Å². The minimum Gasteiger partial charge on any atom is -0.323 e. The third-order valence-electron chi connectivity index (χ3n) is 8.58. The average Bonchev–Trinajstić information content (AvgIpc) is 3.43. The summed E-state index contributed by atoms with van der Waals surface area (Å²) in [7, 11) is 0. The zero-order valence-electron chi connectivity index (χ0n) is 25.6. The van der Waals surface area contributed by atoms with Gasteiger partial charge < -0.3 is 10.6 Å². The molecule has 0 heterocycles. The second kappa shape index (κ2) is 13.0. The van der Waals surface area contributed by atoms with Crippen LogP contribution >= 0.6 is 0 Å². The van der Waals surface area contributed by atoms with Crippen molar-refractivity contribution in [3.8, 4) is 11.1 Å². The van der Waals surface area contributed by atoms with Gasteiger partial charge in [-0.25, -0.2) is 0 Å². The Bertz CT molecular complexity index is 1940. The molecule has 1 aliphatic rings. The van der Waals surface area contributed by atoms with Crippen LogP contribution in [0.15, 0.2) is 170 Å². The van der Waals surface area contributed by atoms with E-state index in [1.165, 1.54) is 22.3 Å². The Labute approximate surface area is 274 Å². The van der Waals surface area contributed by atoms with Crippen LogP contribution in [0.4, 0.5) is 11.4 Å². The van der Waals surface area contributed by atoms with Crippen LogP contribution in [-0.4, -0.2) is 11.8 Å². The molecule has 47 heavy (non-hydrogen) atoms. The first-order valence-electron chi connectivity index (χ1n) is 15.6. The van der Waals surface area contributed by atoms with Crippen LogP contribution in [0.1, 0.15) is 33.4 Å². The number of rotatable bonds is 8. The maximum atomic E-state index is 12.7. The molecule has 6 aromatic carbocycles. The van der Waals surface area contributed by atoms with E-state index in [-0.39, 0.29) is 11.8 Å². The van der Waals surface area contributed by atoms with Gasteiger partial charge in [0.25, 0.3) is 0 Å². The van der Waals surface area contributed by atoms with Crippen molar-refractivity contribution in [3.05, 3.63) is 203 Å². The molecule has 0 fully saturated rings. The van der Waals surface area contributed by atoms with E-state index in [0.717, 1.165) is 22.3 Å². The van der Waals surface area contributed by atoms with Gasteiger partial charge in [0, 0.05) is 23.5 Å². The first-order chi connectivity index (χ1) is 23.1. The maximum Gasteiger partial charge on any atom is 0.248 e. The number of amides is 2. The van der Waals surface area contributed by atoms with Crippen molar-refractivity contribution in [2.24, 2.45) is 0 Å². The van der Waals surface area contributed by atoms with Gasteiger partial charge in [-0.15, -0.1) is 0 Å². The maximum absolute atomic E-state index is 12.7. The normalized spacial score (nSPS) is 12.9. The van der Waals surface area contributed by atoms with Crippen LogP contribution in [0.5, 0.6) is 0 Å². The molecule has 0 unspecified atom stereocenters. The predicted molar refractivity (Wildman–Crippen MR) is 192 cm³/mol. The van der Waals surface area contributed by atoms with Gasteiger partial charge in [0.15, 0.2) is 0 Å². The van der Waals surface area contributed by atoms with Crippen molar-refractivity contribution < 1.29 is 9.59 Å². The molecule has 0 bridgehead atoms. The standard InChI is InChI=1S/C43H32N2O2/c46-41(29-19-31-11-3-1-4-12-31)44-35-25-21-33(22-26-35)43(39-17-9-7-15-37(39)38-16-8-10-18-40(38)43)34-23-27-36(28-24-34)45-42(47)30-20-32-13-5-2-6-14-32/h1-30H,(H,44,46)(H,45,47). The Morgan fingerprint density at radius 1 is 0.426 bits per heavy atom. The molecule has 0 aromatic heterocycles. The summed E-state index contributed by atoms with van der Waals surface area (Å²) in [6.45, 7) is 0. The number of fused-ring (bicyclic) bond motifs is 3. The molecular formula is C43H32N2O2. The van der Waals surface area contributed by atoms with Crippen LogP contribution < -0.4 is 10.6 Å². The second-order valence-corrected chi connectivity index (χ2v) is 11.5. The Kier molecular flexibility index (Phi) is 8.14. The van der Waals surface area contributed by atoms with E-state index in [9.17, 15) is 9.59 Å². The number of nitrogens with one attached hydrogen (secondary N) is 2. The lowest BCUT2D eigenvalue weighted by atomic mass is 9.67. The number of hydrogen-bond donors (Lipinski definition) is 2. The highest BCUT2D eigenvalue weighted by Crippen LogP contribution is 2.56. The molecule has 2 N–H and O–H groups in total. The Morgan fingerprint density at radius 2 is 0.787 bits per heavy atom. The highest BCUT2D eigenvalue weighted by Gasteiger charge is 2.45. The van der Waals surface area contributed by atoms with Crippen LogP contribution in [0, 0.1) is 0 Å². The predicted octanol–water partition coefficient (Wildman–Crippen LogP) is 9.35. The average molecular weight is 609 g/mol. The van der Waals surface area contributed by atoms with Crippen molar-refractivity contribution in [1.29, 1.82) is 0 Å². The summed E-state index contributed by atoms with van der Waals surface area (Å²) in [5.41, 5.74) is 9.67. The topological polar surface area (TPSA) is 58.2 Å². The lowest BCUT2D eigenvalue weighted by Gasteiger charge is -2.34.